The third-order valence-corrected chi connectivity index (χ3v) is 6.16. The number of halogens is 1. The summed E-state index contributed by atoms with van der Waals surface area (Å²) in [5.41, 5.74) is 0.804. The smallest absolute Gasteiger partial charge is 0.226 e. The Labute approximate surface area is 188 Å². The van der Waals surface area contributed by atoms with Crippen LogP contribution in [0.4, 0.5) is 5.82 Å². The van der Waals surface area contributed by atoms with E-state index in [2.05, 4.69) is 20.3 Å². The summed E-state index contributed by atoms with van der Waals surface area (Å²) in [5, 5.41) is 33.3. The number of rotatable bonds is 6. The van der Waals surface area contributed by atoms with E-state index in [1.165, 1.54) is 10.9 Å². The fraction of sp³-hybridized carbons (Fsp3) is 0.476. The molecule has 3 aromatic rings. The molecule has 2 aromatic heterocycles. The number of nitrogens with zero attached hydrogens (tertiary/aromatic N) is 4. The van der Waals surface area contributed by atoms with Gasteiger partial charge in [-0.2, -0.15) is 9.97 Å². The van der Waals surface area contributed by atoms with Gasteiger partial charge in [0.2, 0.25) is 5.28 Å². The van der Waals surface area contributed by atoms with Crippen molar-refractivity contribution in [1.82, 2.24) is 19.5 Å². The van der Waals surface area contributed by atoms with Crippen molar-refractivity contribution in [3.05, 3.63) is 41.9 Å². The lowest BCUT2D eigenvalue weighted by Gasteiger charge is -2.23. The highest BCUT2D eigenvalue weighted by Crippen LogP contribution is 2.34. The molecule has 2 aliphatic rings. The molecule has 5 rings (SSSR count). The van der Waals surface area contributed by atoms with E-state index in [0.29, 0.717) is 17.0 Å². The van der Waals surface area contributed by atoms with E-state index in [1.807, 2.05) is 30.3 Å². The van der Waals surface area contributed by atoms with Gasteiger partial charge in [-0.25, -0.2) is 4.98 Å². The highest BCUT2D eigenvalue weighted by molar-refractivity contribution is 6.28. The quantitative estimate of drug-likeness (QED) is 0.403. The molecule has 1 aliphatic heterocycles. The van der Waals surface area contributed by atoms with Crippen molar-refractivity contribution < 1.29 is 24.8 Å². The summed E-state index contributed by atoms with van der Waals surface area (Å²) < 4.78 is 13.3. The van der Waals surface area contributed by atoms with Crippen LogP contribution < -0.4 is 10.1 Å². The molecule has 1 aliphatic carbocycles. The predicted octanol–water partition coefficient (Wildman–Crippen LogP) is 1.50. The van der Waals surface area contributed by atoms with Crippen LogP contribution in [0.1, 0.15) is 25.5 Å². The summed E-state index contributed by atoms with van der Waals surface area (Å²) >= 11 is 6.20. The van der Waals surface area contributed by atoms with Gasteiger partial charge in [-0.15, -0.1) is 0 Å². The molecule has 10 nitrogen and oxygen atoms in total. The number of hydrogen-bond donors (Lipinski definition) is 4. The van der Waals surface area contributed by atoms with E-state index >= 15 is 0 Å². The number of anilines is 1. The zero-order chi connectivity index (χ0) is 22.2. The van der Waals surface area contributed by atoms with Gasteiger partial charge in [0.15, 0.2) is 23.2 Å². The van der Waals surface area contributed by atoms with Gasteiger partial charge in [-0.3, -0.25) is 4.57 Å². The molecule has 0 unspecified atom stereocenters. The first-order valence-corrected chi connectivity index (χ1v) is 10.9. The third-order valence-electron chi connectivity index (χ3n) is 5.99. The molecular formula is C21H24ClN5O5. The van der Waals surface area contributed by atoms with Crippen LogP contribution in [0.15, 0.2) is 36.7 Å². The topological polar surface area (TPSA) is 135 Å². The summed E-state index contributed by atoms with van der Waals surface area (Å²) in [4.78, 5) is 13.0. The van der Waals surface area contributed by atoms with Crippen LogP contribution in [0.2, 0.25) is 5.28 Å². The number of aliphatic hydroxyl groups excluding tert-OH is 3. The van der Waals surface area contributed by atoms with Gasteiger partial charge in [0.1, 0.15) is 30.2 Å². The van der Waals surface area contributed by atoms with Gasteiger partial charge >= 0.3 is 0 Å². The molecule has 4 N–H and O–H groups in total. The number of imidazole rings is 1. The lowest BCUT2D eigenvalue weighted by atomic mass is 10.1. The van der Waals surface area contributed by atoms with Crippen molar-refractivity contribution in [2.24, 2.45) is 0 Å². The monoisotopic (exact) mass is 461 g/mol. The Morgan fingerprint density at radius 3 is 2.72 bits per heavy atom. The van der Waals surface area contributed by atoms with Gasteiger partial charge in [0.05, 0.1) is 19.0 Å². The second kappa shape index (κ2) is 8.80. The van der Waals surface area contributed by atoms with E-state index in [-0.39, 0.29) is 17.4 Å². The van der Waals surface area contributed by atoms with E-state index < -0.39 is 31.1 Å². The van der Waals surface area contributed by atoms with Gasteiger partial charge in [-0.05, 0) is 43.0 Å². The van der Waals surface area contributed by atoms with Crippen LogP contribution in [0, 0.1) is 0 Å². The molecule has 32 heavy (non-hydrogen) atoms. The summed E-state index contributed by atoms with van der Waals surface area (Å²) in [5.74, 6) is 1.27. The molecule has 0 spiro atoms. The molecule has 6 atom stereocenters. The number of ether oxygens (including phenoxy) is 2. The van der Waals surface area contributed by atoms with E-state index in [0.717, 1.165) is 25.0 Å². The molecular weight excluding hydrogens is 438 g/mol. The first-order chi connectivity index (χ1) is 15.5. The second-order valence-corrected chi connectivity index (χ2v) is 8.38. The van der Waals surface area contributed by atoms with Gasteiger partial charge < -0.3 is 30.1 Å². The zero-order valence-electron chi connectivity index (χ0n) is 17.1. The van der Waals surface area contributed by atoms with Crippen LogP contribution in [0.25, 0.3) is 11.2 Å². The highest BCUT2D eigenvalue weighted by Gasteiger charge is 2.44. The van der Waals surface area contributed by atoms with Gasteiger partial charge in [0, 0.05) is 0 Å². The first kappa shape index (κ1) is 21.4. The van der Waals surface area contributed by atoms with Crippen LogP contribution in [0.3, 0.4) is 0 Å². The average Bonchev–Trinajstić information content (AvgIpc) is 3.48. The summed E-state index contributed by atoms with van der Waals surface area (Å²) in [6.45, 7) is -0.422. The molecule has 1 saturated carbocycles. The fourth-order valence-corrected chi connectivity index (χ4v) is 4.53. The van der Waals surface area contributed by atoms with Crippen LogP contribution in [0.5, 0.6) is 5.75 Å². The van der Waals surface area contributed by atoms with Crippen molar-refractivity contribution in [3.8, 4) is 5.75 Å². The van der Waals surface area contributed by atoms with Crippen molar-refractivity contribution in [2.75, 3.05) is 11.9 Å². The van der Waals surface area contributed by atoms with Crippen LogP contribution in [-0.4, -0.2) is 71.9 Å². The summed E-state index contributed by atoms with van der Waals surface area (Å²) in [6.07, 6.45) is -0.129. The third kappa shape index (κ3) is 3.89. The zero-order valence-corrected chi connectivity index (χ0v) is 17.8. The number of benzene rings is 1. The number of hydrogen-bond acceptors (Lipinski definition) is 9. The fourth-order valence-electron chi connectivity index (χ4n) is 4.37. The molecule has 170 valence electrons. The van der Waals surface area contributed by atoms with Gasteiger partial charge in [0.25, 0.3) is 0 Å². The summed E-state index contributed by atoms with van der Waals surface area (Å²) in [7, 11) is 0. The van der Waals surface area contributed by atoms with E-state index in [9.17, 15) is 15.3 Å². The highest BCUT2D eigenvalue weighted by atomic mass is 35.5. The molecule has 1 saturated heterocycles. The number of fused-ring (bicyclic) bond motifs is 1. The van der Waals surface area contributed by atoms with Crippen molar-refractivity contribution >= 4 is 28.6 Å². The average molecular weight is 462 g/mol. The maximum Gasteiger partial charge on any atom is 0.226 e. The lowest BCUT2D eigenvalue weighted by Crippen LogP contribution is -2.33. The summed E-state index contributed by atoms with van der Waals surface area (Å²) in [6, 6.07) is 9.68. The maximum absolute atomic E-state index is 10.4. The Morgan fingerprint density at radius 1 is 1.16 bits per heavy atom. The maximum atomic E-state index is 10.4. The Morgan fingerprint density at radius 2 is 1.97 bits per heavy atom. The minimum atomic E-state index is -1.26. The minimum absolute atomic E-state index is 0.00318. The molecule has 0 radical (unpaired) electrons. The molecule has 0 bridgehead atoms. The SMILES string of the molecule is OC[C@H]1O[C@@H](n2cnc3c(N[C@H]4CCC[C@@H]4Oc4ccccc4)nc(Cl)nc32)[C@H](O)[C@@H]1O. The number of aliphatic hydroxyl groups is 3. The molecule has 1 aromatic carbocycles. The lowest BCUT2D eigenvalue weighted by molar-refractivity contribution is -0.0511. The van der Waals surface area contributed by atoms with Crippen molar-refractivity contribution in [1.29, 1.82) is 0 Å². The molecule has 11 heteroatoms. The standard InChI is InChI=1S/C21H24ClN5O5/c22-21-25-18(24-12-7-4-8-13(12)31-11-5-2-1-3-6-11)15-19(26-21)27(10-23-15)20-17(30)16(29)14(9-28)32-20/h1-3,5-6,10,12-14,16-17,20,28-30H,4,7-9H2,(H,24,25,26)/t12-,13-,14+,16+,17+,20+/m0/s1. The van der Waals surface area contributed by atoms with Crippen molar-refractivity contribution in [3.63, 3.8) is 0 Å². The molecule has 3 heterocycles. The van der Waals surface area contributed by atoms with Crippen LogP contribution in [-0.2, 0) is 4.74 Å². The van der Waals surface area contributed by atoms with E-state index in [4.69, 9.17) is 21.1 Å². The Kier molecular flexibility index (Phi) is 5.87. The molecule has 0 amide bonds. The number of para-hydroxylation sites is 1. The van der Waals surface area contributed by atoms with Crippen molar-refractivity contribution in [2.45, 2.75) is 55.9 Å². The second-order valence-electron chi connectivity index (χ2n) is 8.05. The predicted molar refractivity (Wildman–Crippen MR) is 115 cm³/mol. The minimum Gasteiger partial charge on any atom is -0.488 e. The molecule has 2 fully saturated rings. The largest absolute Gasteiger partial charge is 0.488 e. The first-order valence-electron chi connectivity index (χ1n) is 10.6. The number of aromatic nitrogens is 4. The van der Waals surface area contributed by atoms with Gasteiger partial charge in [-0.1, -0.05) is 18.2 Å². The normalized spacial score (nSPS) is 30.1. The van der Waals surface area contributed by atoms with E-state index in [1.54, 1.807) is 0 Å². The van der Waals surface area contributed by atoms with Crippen LogP contribution >= 0.6 is 11.6 Å². The Bertz CT molecular complexity index is 1080. The Balaban J connectivity index is 1.42. The number of nitrogens with one attached hydrogen (secondary N) is 1. The Hall–Kier alpha value is -2.50.